The van der Waals surface area contributed by atoms with Gasteiger partial charge in [0.15, 0.2) is 0 Å². The third-order valence-electron chi connectivity index (χ3n) is 7.80. The Balaban J connectivity index is 1.18. The largest absolute Gasteiger partial charge is 0.496 e. The van der Waals surface area contributed by atoms with Crippen molar-refractivity contribution in [1.29, 1.82) is 0 Å². The van der Waals surface area contributed by atoms with Crippen LogP contribution in [0.2, 0.25) is 5.02 Å². The Morgan fingerprint density at radius 3 is 2.62 bits per heavy atom. The van der Waals surface area contributed by atoms with E-state index in [0.29, 0.717) is 56.6 Å². The van der Waals surface area contributed by atoms with Crippen molar-refractivity contribution in [2.75, 3.05) is 52.0 Å². The van der Waals surface area contributed by atoms with E-state index < -0.39 is 6.04 Å². The number of amides is 2. The van der Waals surface area contributed by atoms with Gasteiger partial charge in [0.05, 0.1) is 58.2 Å². The zero-order valence-corrected chi connectivity index (χ0v) is 26.5. The highest BCUT2D eigenvalue weighted by Gasteiger charge is 2.41. The van der Waals surface area contributed by atoms with E-state index in [1.165, 1.54) is 17.3 Å². The minimum atomic E-state index is -0.738. The van der Waals surface area contributed by atoms with Crippen molar-refractivity contribution < 1.29 is 28.5 Å². The summed E-state index contributed by atoms with van der Waals surface area (Å²) in [7, 11) is 3.31. The minimum Gasteiger partial charge on any atom is -0.496 e. The van der Waals surface area contributed by atoms with Crippen molar-refractivity contribution in [3.05, 3.63) is 76.6 Å². The van der Waals surface area contributed by atoms with Crippen molar-refractivity contribution in [3.8, 4) is 11.8 Å². The Bertz CT molecular complexity index is 1440. The predicted molar refractivity (Wildman–Crippen MR) is 170 cm³/mol. The number of halogens is 1. The molecule has 0 spiro atoms. The lowest BCUT2D eigenvalue weighted by Gasteiger charge is -2.38. The smallest absolute Gasteiger partial charge is 0.316 e. The lowest BCUT2D eigenvalue weighted by molar-refractivity contribution is -0.136. The number of hydrogen-bond acceptors (Lipinski definition) is 9. The first-order chi connectivity index (χ1) is 22.0. The molecule has 240 valence electrons. The van der Waals surface area contributed by atoms with Gasteiger partial charge in [-0.1, -0.05) is 41.9 Å². The summed E-state index contributed by atoms with van der Waals surface area (Å²) in [6.45, 7) is 2.71. The number of anilines is 1. The number of hydrogen-bond donors (Lipinski definition) is 1. The molecule has 2 fully saturated rings. The van der Waals surface area contributed by atoms with Crippen molar-refractivity contribution in [3.63, 3.8) is 0 Å². The van der Waals surface area contributed by atoms with Crippen molar-refractivity contribution in [2.24, 2.45) is 0 Å². The molecule has 5 rings (SSSR count). The van der Waals surface area contributed by atoms with Gasteiger partial charge in [-0.2, -0.15) is 0 Å². The number of nitrogens with one attached hydrogen (secondary N) is 1. The number of para-hydroxylation sites is 1. The second kappa shape index (κ2) is 16.0. The molecular formula is C33H40ClN5O6. The normalized spacial score (nSPS) is 16.5. The van der Waals surface area contributed by atoms with E-state index in [-0.39, 0.29) is 30.4 Å². The molecule has 1 aliphatic heterocycles. The summed E-state index contributed by atoms with van der Waals surface area (Å²) in [6.07, 6.45) is 6.29. The van der Waals surface area contributed by atoms with E-state index in [0.717, 1.165) is 41.7 Å². The summed E-state index contributed by atoms with van der Waals surface area (Å²) < 4.78 is 22.0. The van der Waals surface area contributed by atoms with Gasteiger partial charge in [-0.25, -0.2) is 9.97 Å². The molecule has 1 atom stereocenters. The summed E-state index contributed by atoms with van der Waals surface area (Å²) in [6, 6.07) is 13.2. The Hall–Kier alpha value is -3.77. The molecule has 2 aromatic carbocycles. The summed E-state index contributed by atoms with van der Waals surface area (Å²) in [5.41, 5.74) is 3.40. The molecule has 2 aliphatic rings. The fourth-order valence-electron chi connectivity index (χ4n) is 5.30. The quantitative estimate of drug-likeness (QED) is 0.234. The van der Waals surface area contributed by atoms with E-state index in [9.17, 15) is 9.59 Å². The topological polar surface area (TPSA) is 115 Å². The average Bonchev–Trinajstić information content (AvgIpc) is 3.91. The van der Waals surface area contributed by atoms with Crippen LogP contribution in [-0.2, 0) is 38.6 Å². The molecule has 1 aromatic heterocycles. The highest BCUT2D eigenvalue weighted by atomic mass is 35.5. The van der Waals surface area contributed by atoms with Gasteiger partial charge in [0.25, 0.3) is 0 Å². The van der Waals surface area contributed by atoms with Gasteiger partial charge in [-0.3, -0.25) is 14.5 Å². The summed E-state index contributed by atoms with van der Waals surface area (Å²) in [4.78, 5) is 39.2. The Kier molecular flexibility index (Phi) is 11.6. The maximum absolute atomic E-state index is 14.0. The number of carbonyl (C=O) groups excluding carboxylic acids is 2. The molecule has 11 nitrogen and oxygen atoms in total. The fraction of sp³-hybridized carbons (Fsp3) is 0.455. The van der Waals surface area contributed by atoms with Gasteiger partial charge in [-0.15, -0.1) is 0 Å². The summed E-state index contributed by atoms with van der Waals surface area (Å²) in [5, 5.41) is 3.70. The van der Waals surface area contributed by atoms with Crippen LogP contribution in [0.4, 0.5) is 5.69 Å². The monoisotopic (exact) mass is 637 g/mol. The van der Waals surface area contributed by atoms with Crippen LogP contribution in [-0.4, -0.2) is 85.9 Å². The number of methoxy groups -OCH3 is 2. The lowest BCUT2D eigenvalue weighted by atomic mass is 10.1. The first-order valence-electron chi connectivity index (χ1n) is 15.2. The fourth-order valence-corrected chi connectivity index (χ4v) is 5.47. The van der Waals surface area contributed by atoms with Crippen LogP contribution in [0.25, 0.3) is 0 Å². The molecule has 1 saturated heterocycles. The first-order valence-corrected chi connectivity index (χ1v) is 15.6. The van der Waals surface area contributed by atoms with Gasteiger partial charge in [0, 0.05) is 43.2 Å². The molecule has 0 unspecified atom stereocenters. The number of carbonyl (C=O) groups is 2. The van der Waals surface area contributed by atoms with E-state index in [4.69, 9.17) is 30.5 Å². The van der Waals surface area contributed by atoms with Gasteiger partial charge in [0.1, 0.15) is 11.8 Å². The van der Waals surface area contributed by atoms with Crippen molar-refractivity contribution in [1.82, 2.24) is 20.2 Å². The molecule has 1 N–H and O–H groups in total. The Morgan fingerprint density at radius 2 is 1.87 bits per heavy atom. The second-order valence-electron chi connectivity index (χ2n) is 11.1. The van der Waals surface area contributed by atoms with Crippen LogP contribution >= 0.6 is 11.6 Å². The van der Waals surface area contributed by atoms with Crippen molar-refractivity contribution in [2.45, 2.75) is 50.9 Å². The maximum Gasteiger partial charge on any atom is 0.316 e. The van der Waals surface area contributed by atoms with Gasteiger partial charge < -0.3 is 29.2 Å². The third-order valence-corrected chi connectivity index (χ3v) is 8.17. The number of benzene rings is 2. The molecular weight excluding hydrogens is 598 g/mol. The van der Waals surface area contributed by atoms with Crippen LogP contribution in [0, 0.1) is 0 Å². The Labute approximate surface area is 268 Å². The van der Waals surface area contributed by atoms with E-state index in [1.807, 2.05) is 47.4 Å². The van der Waals surface area contributed by atoms with Gasteiger partial charge in [-0.05, 0) is 42.5 Å². The number of ether oxygens (including phenoxy) is 4. The molecule has 1 saturated carbocycles. The minimum absolute atomic E-state index is 0.112. The first kappa shape index (κ1) is 32.6. The maximum atomic E-state index is 14.0. The average molecular weight is 638 g/mol. The Morgan fingerprint density at radius 1 is 1.07 bits per heavy atom. The number of aromatic nitrogens is 2. The van der Waals surface area contributed by atoms with Crippen molar-refractivity contribution >= 4 is 29.1 Å². The molecule has 0 bridgehead atoms. The van der Waals surface area contributed by atoms with Gasteiger partial charge >= 0.3 is 6.01 Å². The second-order valence-corrected chi connectivity index (χ2v) is 11.5. The number of nitrogens with zero attached hydrogens (tertiary/aromatic N) is 4. The lowest BCUT2D eigenvalue weighted by Crippen LogP contribution is -2.61. The highest BCUT2D eigenvalue weighted by Crippen LogP contribution is 2.32. The summed E-state index contributed by atoms with van der Waals surface area (Å²) >= 11 is 6.56. The zero-order chi connectivity index (χ0) is 31.6. The SMILES string of the molecule is COCCc1ccc(Cl)c(CN(C(=O)[C@@H]2CNCC(=O)N2c2cnc(OCCCOCc3ccccc3OC)nc2)C2CC2)c1. The van der Waals surface area contributed by atoms with Crippen LogP contribution in [0.5, 0.6) is 11.8 Å². The highest BCUT2D eigenvalue weighted by molar-refractivity contribution is 6.31. The third kappa shape index (κ3) is 8.70. The predicted octanol–water partition coefficient (Wildman–Crippen LogP) is 3.81. The number of piperazine rings is 1. The summed E-state index contributed by atoms with van der Waals surface area (Å²) in [5.74, 6) is 0.437. The number of rotatable bonds is 16. The van der Waals surface area contributed by atoms with E-state index in [1.54, 1.807) is 14.2 Å². The van der Waals surface area contributed by atoms with Crippen LogP contribution < -0.4 is 19.7 Å². The molecule has 12 heteroatoms. The van der Waals surface area contributed by atoms with E-state index >= 15 is 0 Å². The standard InChI is InChI=1S/C33H40ClN5O6/c1-42-15-12-23-8-11-28(34)25(16-23)21-38(26-9-10-26)32(41)29-19-35-20-31(40)39(29)27-17-36-33(37-18-27)45-14-5-13-44-22-24-6-3-4-7-30(24)43-2/h3-4,6-8,11,16-18,26,29,35H,5,9-10,12-15,19-22H2,1-2H3/t29-/m0/s1. The van der Waals surface area contributed by atoms with Gasteiger partial charge in [0.2, 0.25) is 11.8 Å². The van der Waals surface area contributed by atoms with Crippen LogP contribution in [0.3, 0.4) is 0 Å². The molecule has 1 aliphatic carbocycles. The van der Waals surface area contributed by atoms with E-state index in [2.05, 4.69) is 15.3 Å². The zero-order valence-electron chi connectivity index (χ0n) is 25.7. The van der Waals surface area contributed by atoms with Crippen LogP contribution in [0.15, 0.2) is 54.9 Å². The molecule has 45 heavy (non-hydrogen) atoms. The van der Waals surface area contributed by atoms with Crippen LogP contribution in [0.1, 0.15) is 36.0 Å². The molecule has 2 amide bonds. The molecule has 2 heterocycles. The molecule has 3 aromatic rings. The molecule has 0 radical (unpaired) electrons.